The second kappa shape index (κ2) is 9.62. The van der Waals surface area contributed by atoms with E-state index in [0.29, 0.717) is 12.1 Å². The molecule has 1 saturated heterocycles. The molecule has 0 radical (unpaired) electrons. The SMILES string of the molecule is COc1ccc(N2CCN(CCNC(=O)c3cccnc3SC)CC2)cc1. The minimum absolute atomic E-state index is 0.0516. The highest BCUT2D eigenvalue weighted by Gasteiger charge is 2.17. The highest BCUT2D eigenvalue weighted by molar-refractivity contribution is 7.98. The van der Waals surface area contributed by atoms with Crippen molar-refractivity contribution in [1.29, 1.82) is 0 Å². The van der Waals surface area contributed by atoms with E-state index in [1.807, 2.05) is 24.5 Å². The Morgan fingerprint density at radius 1 is 1.19 bits per heavy atom. The number of rotatable bonds is 7. The Balaban J connectivity index is 1.42. The van der Waals surface area contributed by atoms with Crippen molar-refractivity contribution in [3.8, 4) is 5.75 Å². The summed E-state index contributed by atoms with van der Waals surface area (Å²) in [4.78, 5) is 21.4. The van der Waals surface area contributed by atoms with Crippen LogP contribution in [0, 0.1) is 0 Å². The van der Waals surface area contributed by atoms with Crippen molar-refractivity contribution in [1.82, 2.24) is 15.2 Å². The van der Waals surface area contributed by atoms with Crippen molar-refractivity contribution in [3.63, 3.8) is 0 Å². The molecule has 1 aromatic carbocycles. The van der Waals surface area contributed by atoms with Crippen LogP contribution < -0.4 is 15.0 Å². The molecule has 6 nitrogen and oxygen atoms in total. The molecule has 0 aliphatic carbocycles. The van der Waals surface area contributed by atoms with E-state index in [1.54, 1.807) is 19.4 Å². The summed E-state index contributed by atoms with van der Waals surface area (Å²) < 4.78 is 5.22. The fraction of sp³-hybridized carbons (Fsp3) is 0.400. The zero-order valence-corrected chi connectivity index (χ0v) is 16.7. The number of anilines is 1. The number of piperazine rings is 1. The third kappa shape index (κ3) is 5.14. The predicted molar refractivity (Wildman–Crippen MR) is 110 cm³/mol. The highest BCUT2D eigenvalue weighted by atomic mass is 32.2. The Kier molecular flexibility index (Phi) is 6.95. The molecule has 1 aromatic heterocycles. The third-order valence-electron chi connectivity index (χ3n) is 4.73. The van der Waals surface area contributed by atoms with E-state index in [0.717, 1.165) is 43.5 Å². The Morgan fingerprint density at radius 3 is 2.59 bits per heavy atom. The van der Waals surface area contributed by atoms with Gasteiger partial charge >= 0.3 is 0 Å². The maximum absolute atomic E-state index is 12.4. The number of thioether (sulfide) groups is 1. The van der Waals surface area contributed by atoms with Crippen LogP contribution in [0.2, 0.25) is 0 Å². The summed E-state index contributed by atoms with van der Waals surface area (Å²) in [6.45, 7) is 5.45. The Morgan fingerprint density at radius 2 is 1.93 bits per heavy atom. The standard InChI is InChI=1S/C20H26N4O2S/c1-26-17-7-5-16(6-8-17)24-14-12-23(13-15-24)11-10-21-19(25)18-4-3-9-22-20(18)27-2/h3-9H,10-15H2,1-2H3,(H,21,25). The summed E-state index contributed by atoms with van der Waals surface area (Å²) >= 11 is 1.49. The zero-order chi connectivity index (χ0) is 19.1. The molecule has 0 unspecified atom stereocenters. The molecule has 27 heavy (non-hydrogen) atoms. The Bertz CT molecular complexity index is 746. The molecule has 1 fully saturated rings. The van der Waals surface area contributed by atoms with Crippen molar-refractivity contribution < 1.29 is 9.53 Å². The van der Waals surface area contributed by atoms with Gasteiger partial charge in [0.15, 0.2) is 0 Å². The van der Waals surface area contributed by atoms with Gasteiger partial charge in [-0.1, -0.05) is 0 Å². The Labute approximate surface area is 164 Å². The van der Waals surface area contributed by atoms with Gasteiger partial charge in [0.2, 0.25) is 0 Å². The summed E-state index contributed by atoms with van der Waals surface area (Å²) in [5.41, 5.74) is 1.87. The summed E-state index contributed by atoms with van der Waals surface area (Å²) in [6.07, 6.45) is 3.65. The van der Waals surface area contributed by atoms with Gasteiger partial charge in [0, 0.05) is 51.2 Å². The van der Waals surface area contributed by atoms with E-state index in [4.69, 9.17) is 4.74 Å². The van der Waals surface area contributed by atoms with Gasteiger partial charge in [-0.25, -0.2) is 4.98 Å². The molecule has 2 heterocycles. The second-order valence-electron chi connectivity index (χ2n) is 6.34. The second-order valence-corrected chi connectivity index (χ2v) is 7.14. The monoisotopic (exact) mass is 386 g/mol. The van der Waals surface area contributed by atoms with E-state index >= 15 is 0 Å². The lowest BCUT2D eigenvalue weighted by molar-refractivity contribution is 0.0944. The van der Waals surface area contributed by atoms with Crippen molar-refractivity contribution in [3.05, 3.63) is 48.2 Å². The van der Waals surface area contributed by atoms with Crippen LogP contribution in [0.1, 0.15) is 10.4 Å². The number of pyridine rings is 1. The fourth-order valence-corrected chi connectivity index (χ4v) is 3.72. The van der Waals surface area contributed by atoms with Gasteiger partial charge in [-0.05, 0) is 42.7 Å². The largest absolute Gasteiger partial charge is 0.497 e. The number of ether oxygens (including phenoxy) is 1. The maximum Gasteiger partial charge on any atom is 0.254 e. The summed E-state index contributed by atoms with van der Waals surface area (Å²) in [5, 5.41) is 3.78. The zero-order valence-electron chi connectivity index (χ0n) is 15.9. The molecule has 0 saturated carbocycles. The first-order valence-electron chi connectivity index (χ1n) is 9.10. The van der Waals surface area contributed by atoms with Crippen LogP contribution in [0.15, 0.2) is 47.6 Å². The highest BCUT2D eigenvalue weighted by Crippen LogP contribution is 2.20. The maximum atomic E-state index is 12.4. The number of aromatic nitrogens is 1. The predicted octanol–water partition coefficient (Wildman–Crippen LogP) is 2.36. The fourth-order valence-electron chi connectivity index (χ4n) is 3.17. The quantitative estimate of drug-likeness (QED) is 0.738. The van der Waals surface area contributed by atoms with Gasteiger partial charge in [0.1, 0.15) is 10.8 Å². The lowest BCUT2D eigenvalue weighted by atomic mass is 10.2. The van der Waals surface area contributed by atoms with Gasteiger partial charge in [-0.2, -0.15) is 0 Å². The summed E-state index contributed by atoms with van der Waals surface area (Å²) in [6, 6.07) is 11.8. The Hall–Kier alpha value is -2.25. The first-order chi connectivity index (χ1) is 13.2. The molecule has 1 N–H and O–H groups in total. The summed E-state index contributed by atoms with van der Waals surface area (Å²) in [7, 11) is 1.68. The van der Waals surface area contributed by atoms with Crippen molar-refractivity contribution in [2.75, 3.05) is 57.5 Å². The van der Waals surface area contributed by atoms with E-state index in [2.05, 4.69) is 32.2 Å². The molecular formula is C20H26N4O2S. The number of hydrogen-bond donors (Lipinski definition) is 1. The van der Waals surface area contributed by atoms with Crippen LogP contribution in [0.4, 0.5) is 5.69 Å². The number of nitrogens with zero attached hydrogens (tertiary/aromatic N) is 3. The number of nitrogens with one attached hydrogen (secondary N) is 1. The molecule has 1 aliphatic rings. The van der Waals surface area contributed by atoms with Gasteiger partial charge in [0.05, 0.1) is 12.7 Å². The lowest BCUT2D eigenvalue weighted by Crippen LogP contribution is -2.48. The van der Waals surface area contributed by atoms with E-state index in [9.17, 15) is 4.79 Å². The van der Waals surface area contributed by atoms with Gasteiger partial charge < -0.3 is 15.0 Å². The number of carbonyl (C=O) groups excluding carboxylic acids is 1. The van der Waals surface area contributed by atoms with Crippen LogP contribution in [0.25, 0.3) is 0 Å². The normalized spacial score (nSPS) is 14.8. The molecular weight excluding hydrogens is 360 g/mol. The van der Waals surface area contributed by atoms with E-state index < -0.39 is 0 Å². The number of methoxy groups -OCH3 is 1. The number of benzene rings is 1. The average molecular weight is 387 g/mol. The number of carbonyl (C=O) groups is 1. The van der Waals surface area contributed by atoms with Crippen LogP contribution in [0.3, 0.4) is 0 Å². The third-order valence-corrected chi connectivity index (χ3v) is 5.44. The molecule has 144 valence electrons. The molecule has 1 aliphatic heterocycles. The molecule has 3 rings (SSSR count). The average Bonchev–Trinajstić information content (AvgIpc) is 2.74. The van der Waals surface area contributed by atoms with Gasteiger partial charge in [-0.3, -0.25) is 9.69 Å². The van der Waals surface area contributed by atoms with Crippen LogP contribution in [-0.4, -0.2) is 68.4 Å². The number of hydrogen-bond acceptors (Lipinski definition) is 6. The van der Waals surface area contributed by atoms with Crippen molar-refractivity contribution >= 4 is 23.4 Å². The van der Waals surface area contributed by atoms with E-state index in [1.165, 1.54) is 17.4 Å². The molecule has 0 spiro atoms. The van der Waals surface area contributed by atoms with Crippen LogP contribution >= 0.6 is 11.8 Å². The molecule has 2 aromatic rings. The number of amides is 1. The molecule has 0 bridgehead atoms. The van der Waals surface area contributed by atoms with Crippen LogP contribution in [-0.2, 0) is 0 Å². The summed E-state index contributed by atoms with van der Waals surface area (Å²) in [5.74, 6) is 0.829. The topological polar surface area (TPSA) is 57.7 Å². The van der Waals surface area contributed by atoms with Crippen LogP contribution in [0.5, 0.6) is 5.75 Å². The van der Waals surface area contributed by atoms with Gasteiger partial charge in [0.25, 0.3) is 5.91 Å². The smallest absolute Gasteiger partial charge is 0.254 e. The first-order valence-corrected chi connectivity index (χ1v) is 10.3. The van der Waals surface area contributed by atoms with Crippen molar-refractivity contribution in [2.24, 2.45) is 0 Å². The molecule has 0 atom stereocenters. The molecule has 7 heteroatoms. The molecule has 1 amide bonds. The minimum Gasteiger partial charge on any atom is -0.497 e. The van der Waals surface area contributed by atoms with Crippen molar-refractivity contribution in [2.45, 2.75) is 5.03 Å². The first kappa shape index (κ1) is 19.5. The van der Waals surface area contributed by atoms with Gasteiger partial charge in [-0.15, -0.1) is 11.8 Å². The lowest BCUT2D eigenvalue weighted by Gasteiger charge is -2.36. The minimum atomic E-state index is -0.0516. The van der Waals surface area contributed by atoms with E-state index in [-0.39, 0.29) is 5.91 Å².